The van der Waals surface area contributed by atoms with Crippen LogP contribution in [0.2, 0.25) is 0 Å². The minimum Gasteiger partial charge on any atom is -0.318 e. The van der Waals surface area contributed by atoms with Crippen molar-refractivity contribution >= 4 is 52.2 Å². The lowest BCUT2D eigenvalue weighted by molar-refractivity contribution is -0.122. The average Bonchev–Trinajstić information content (AvgIpc) is 2.99. The highest BCUT2D eigenvalue weighted by atomic mass is 127. The van der Waals surface area contributed by atoms with Gasteiger partial charge in [0.05, 0.1) is 5.69 Å². The van der Waals surface area contributed by atoms with E-state index in [-0.39, 0.29) is 5.57 Å². The van der Waals surface area contributed by atoms with Crippen LogP contribution in [0, 0.1) is 38.2 Å². The number of benzene rings is 2. The first-order valence-electron chi connectivity index (χ1n) is 10.5. The number of hydrogen-bond donors (Lipinski definition) is 1. The number of rotatable bonds is 3. The molecule has 4 amide bonds. The van der Waals surface area contributed by atoms with Crippen LogP contribution in [-0.2, 0) is 9.59 Å². The van der Waals surface area contributed by atoms with E-state index in [1.165, 1.54) is 9.13 Å². The van der Waals surface area contributed by atoms with Crippen molar-refractivity contribution in [3.05, 3.63) is 85.2 Å². The maximum Gasteiger partial charge on any atom is 0.335 e. The third-order valence-corrected chi connectivity index (χ3v) is 6.95. The van der Waals surface area contributed by atoms with E-state index in [4.69, 9.17) is 0 Å². The maximum absolute atomic E-state index is 13.3. The number of halogens is 1. The summed E-state index contributed by atoms with van der Waals surface area (Å²) in [7, 11) is 0. The van der Waals surface area contributed by atoms with Crippen molar-refractivity contribution in [2.75, 3.05) is 4.90 Å². The Morgan fingerprint density at radius 2 is 1.52 bits per heavy atom. The van der Waals surface area contributed by atoms with Gasteiger partial charge in [-0.2, -0.15) is 0 Å². The van der Waals surface area contributed by atoms with Crippen molar-refractivity contribution in [3.63, 3.8) is 0 Å². The molecule has 1 aliphatic rings. The van der Waals surface area contributed by atoms with Gasteiger partial charge < -0.3 is 4.57 Å². The smallest absolute Gasteiger partial charge is 0.318 e. The molecule has 3 aromatic rings. The summed E-state index contributed by atoms with van der Waals surface area (Å²) in [6.07, 6.45) is 1.57. The van der Waals surface area contributed by atoms with Gasteiger partial charge in [0.1, 0.15) is 5.57 Å². The van der Waals surface area contributed by atoms with Crippen LogP contribution in [0.1, 0.15) is 33.6 Å². The van der Waals surface area contributed by atoms with E-state index < -0.39 is 17.8 Å². The van der Waals surface area contributed by atoms with E-state index in [2.05, 4.69) is 51.5 Å². The number of hydrogen-bond acceptors (Lipinski definition) is 3. The number of nitrogens with zero attached hydrogens (tertiary/aromatic N) is 2. The van der Waals surface area contributed by atoms with E-state index in [0.717, 1.165) is 38.7 Å². The number of carbonyl (C=O) groups is 3. The molecule has 6 nitrogen and oxygen atoms in total. The summed E-state index contributed by atoms with van der Waals surface area (Å²) in [6.45, 7) is 9.78. The minimum atomic E-state index is -0.744. The summed E-state index contributed by atoms with van der Waals surface area (Å²) in [6, 6.07) is 12.9. The maximum atomic E-state index is 13.3. The van der Waals surface area contributed by atoms with Gasteiger partial charge in [0.15, 0.2) is 0 Å². The lowest BCUT2D eigenvalue weighted by atomic mass is 10.1. The molecule has 0 aliphatic carbocycles. The standard InChI is InChI=1S/C26H24IN3O3/c1-14-8-15(2)10-21(9-14)30-25(32)22(24(31)28-26(30)33)13-19-12-17(4)29(18(19)5)20-6-7-23(27)16(3)11-20/h6-13H,1-5H3,(H,28,31,33). The highest BCUT2D eigenvalue weighted by Gasteiger charge is 2.37. The van der Waals surface area contributed by atoms with E-state index in [1.54, 1.807) is 18.2 Å². The largest absolute Gasteiger partial charge is 0.335 e. The molecule has 0 unspecified atom stereocenters. The zero-order valence-corrected chi connectivity index (χ0v) is 21.3. The Bertz CT molecular complexity index is 1350. The van der Waals surface area contributed by atoms with E-state index in [9.17, 15) is 14.4 Å². The Hall–Kier alpha value is -3.20. The van der Waals surface area contributed by atoms with Gasteiger partial charge in [-0.05, 0) is 122 Å². The number of nitrogens with one attached hydrogen (secondary N) is 1. The summed E-state index contributed by atoms with van der Waals surface area (Å²) in [5, 5.41) is 2.31. The molecule has 0 saturated carbocycles. The van der Waals surface area contributed by atoms with Crippen LogP contribution in [0.5, 0.6) is 0 Å². The fraction of sp³-hybridized carbons (Fsp3) is 0.192. The molecule has 0 radical (unpaired) electrons. The van der Waals surface area contributed by atoms with Crippen molar-refractivity contribution in [3.8, 4) is 5.69 Å². The number of urea groups is 1. The number of barbiturate groups is 1. The third kappa shape index (κ3) is 4.25. The summed E-state index contributed by atoms with van der Waals surface area (Å²) in [5.41, 5.74) is 7.01. The molecule has 168 valence electrons. The zero-order chi connectivity index (χ0) is 24.0. The highest BCUT2D eigenvalue weighted by Crippen LogP contribution is 2.28. The first kappa shape index (κ1) is 23.0. The molecule has 2 heterocycles. The van der Waals surface area contributed by atoms with Crippen molar-refractivity contribution in [2.24, 2.45) is 0 Å². The number of aryl methyl sites for hydroxylation is 4. The van der Waals surface area contributed by atoms with Crippen molar-refractivity contribution in [1.29, 1.82) is 0 Å². The SMILES string of the molecule is Cc1cc(C)cc(N2C(=O)NC(=O)C(=Cc3cc(C)n(-c4ccc(I)c(C)c4)c3C)C2=O)c1. The van der Waals surface area contributed by atoms with Crippen molar-refractivity contribution in [2.45, 2.75) is 34.6 Å². The van der Waals surface area contributed by atoms with Gasteiger partial charge in [-0.3, -0.25) is 14.9 Å². The van der Waals surface area contributed by atoms with Crippen LogP contribution in [-0.4, -0.2) is 22.4 Å². The molecular formula is C26H24IN3O3. The Kier molecular flexibility index (Phi) is 6.00. The van der Waals surface area contributed by atoms with Crippen LogP contribution >= 0.6 is 22.6 Å². The molecular weight excluding hydrogens is 529 g/mol. The molecule has 1 aliphatic heterocycles. The fourth-order valence-corrected chi connectivity index (χ4v) is 4.56. The predicted molar refractivity (Wildman–Crippen MR) is 138 cm³/mol. The van der Waals surface area contributed by atoms with Gasteiger partial charge in [-0.15, -0.1) is 0 Å². The summed E-state index contributed by atoms with van der Waals surface area (Å²) in [4.78, 5) is 39.5. The third-order valence-electron chi connectivity index (χ3n) is 5.74. The second-order valence-electron chi connectivity index (χ2n) is 8.40. The normalized spacial score (nSPS) is 15.4. The molecule has 1 N–H and O–H groups in total. The quantitative estimate of drug-likeness (QED) is 0.272. The van der Waals surface area contributed by atoms with Gasteiger partial charge in [-0.1, -0.05) is 6.07 Å². The van der Waals surface area contributed by atoms with Crippen LogP contribution in [0.15, 0.2) is 48.0 Å². The topological polar surface area (TPSA) is 71.4 Å². The average molecular weight is 553 g/mol. The molecule has 7 heteroatoms. The van der Waals surface area contributed by atoms with Crippen molar-refractivity contribution in [1.82, 2.24) is 9.88 Å². The second-order valence-corrected chi connectivity index (χ2v) is 9.56. The van der Waals surface area contributed by atoms with Gasteiger partial charge >= 0.3 is 6.03 Å². The molecule has 33 heavy (non-hydrogen) atoms. The predicted octanol–water partition coefficient (Wildman–Crippen LogP) is 5.29. The summed E-state index contributed by atoms with van der Waals surface area (Å²) >= 11 is 2.30. The van der Waals surface area contributed by atoms with Crippen LogP contribution in [0.3, 0.4) is 0 Å². The molecule has 1 aromatic heterocycles. The molecule has 0 atom stereocenters. The first-order valence-corrected chi connectivity index (χ1v) is 11.6. The number of amides is 4. The first-order chi connectivity index (χ1) is 15.6. The Labute approximate surface area is 206 Å². The Morgan fingerprint density at radius 1 is 0.848 bits per heavy atom. The lowest BCUT2D eigenvalue weighted by Gasteiger charge is -2.27. The molecule has 1 fully saturated rings. The van der Waals surface area contributed by atoms with Gasteiger partial charge in [-0.25, -0.2) is 9.69 Å². The van der Waals surface area contributed by atoms with Crippen molar-refractivity contribution < 1.29 is 14.4 Å². The van der Waals surface area contributed by atoms with E-state index >= 15 is 0 Å². The number of aromatic nitrogens is 1. The monoisotopic (exact) mass is 553 g/mol. The van der Waals surface area contributed by atoms with Crippen LogP contribution < -0.4 is 10.2 Å². The minimum absolute atomic E-state index is 0.0761. The Balaban J connectivity index is 1.78. The molecule has 1 saturated heterocycles. The van der Waals surface area contributed by atoms with Crippen LogP contribution in [0.25, 0.3) is 11.8 Å². The van der Waals surface area contributed by atoms with Gasteiger partial charge in [0.2, 0.25) is 0 Å². The van der Waals surface area contributed by atoms with Gasteiger partial charge in [0, 0.05) is 20.6 Å². The summed E-state index contributed by atoms with van der Waals surface area (Å²) in [5.74, 6) is -1.33. The zero-order valence-electron chi connectivity index (χ0n) is 19.1. The number of imide groups is 2. The number of carbonyl (C=O) groups excluding carboxylic acids is 3. The number of anilines is 1. The second kappa shape index (κ2) is 8.62. The Morgan fingerprint density at radius 3 is 2.15 bits per heavy atom. The summed E-state index contributed by atoms with van der Waals surface area (Å²) < 4.78 is 3.27. The molecule has 2 aromatic carbocycles. The molecule has 0 bridgehead atoms. The van der Waals surface area contributed by atoms with E-state index in [0.29, 0.717) is 5.69 Å². The molecule has 4 rings (SSSR count). The van der Waals surface area contributed by atoms with Gasteiger partial charge in [0.25, 0.3) is 11.8 Å². The van der Waals surface area contributed by atoms with E-state index in [1.807, 2.05) is 45.9 Å². The molecule has 0 spiro atoms. The highest BCUT2D eigenvalue weighted by molar-refractivity contribution is 14.1. The lowest BCUT2D eigenvalue weighted by Crippen LogP contribution is -2.54. The van der Waals surface area contributed by atoms with Crippen LogP contribution in [0.4, 0.5) is 10.5 Å². The fourth-order valence-electron chi connectivity index (χ4n) is 4.23.